The molecule has 1 amide bonds. The molecule has 1 aromatic carbocycles. The fourth-order valence-electron chi connectivity index (χ4n) is 1.86. The largest absolute Gasteiger partial charge is 0.494 e. The molecule has 0 bridgehead atoms. The van der Waals surface area contributed by atoms with Gasteiger partial charge in [-0.25, -0.2) is 4.98 Å². The molecule has 2 aromatic rings. The minimum atomic E-state index is -0.0249. The Morgan fingerprint density at radius 2 is 2.15 bits per heavy atom. The first-order valence-electron chi connectivity index (χ1n) is 6.70. The summed E-state index contributed by atoms with van der Waals surface area (Å²) in [6.45, 7) is 8.71. The summed E-state index contributed by atoms with van der Waals surface area (Å²) in [5.41, 5.74) is 0.854. The molecule has 1 aromatic heterocycles. The van der Waals surface area contributed by atoms with Crippen LogP contribution in [0.3, 0.4) is 0 Å². The molecular weight excluding hydrogens is 272 g/mol. The van der Waals surface area contributed by atoms with E-state index in [1.54, 1.807) is 0 Å². The average Bonchev–Trinajstić information content (AvgIpc) is 2.67. The lowest BCUT2D eigenvalue weighted by atomic mass is 9.92. The number of amides is 1. The van der Waals surface area contributed by atoms with E-state index in [4.69, 9.17) is 4.74 Å². The van der Waals surface area contributed by atoms with Gasteiger partial charge in [0.25, 0.3) is 0 Å². The number of aromatic nitrogens is 1. The van der Waals surface area contributed by atoms with Gasteiger partial charge in [0, 0.05) is 6.42 Å². The fraction of sp³-hybridized carbons (Fsp3) is 0.467. The van der Waals surface area contributed by atoms with E-state index in [0.717, 1.165) is 16.0 Å². The summed E-state index contributed by atoms with van der Waals surface area (Å²) in [6, 6.07) is 5.76. The van der Waals surface area contributed by atoms with Gasteiger partial charge in [0.05, 0.1) is 16.8 Å². The second-order valence-electron chi connectivity index (χ2n) is 5.87. The minimum Gasteiger partial charge on any atom is -0.494 e. The fourth-order valence-corrected chi connectivity index (χ4v) is 2.77. The van der Waals surface area contributed by atoms with Gasteiger partial charge in [0.2, 0.25) is 5.91 Å². The van der Waals surface area contributed by atoms with E-state index < -0.39 is 0 Å². The van der Waals surface area contributed by atoms with Gasteiger partial charge in [-0.1, -0.05) is 32.1 Å². The van der Waals surface area contributed by atoms with Gasteiger partial charge >= 0.3 is 0 Å². The summed E-state index contributed by atoms with van der Waals surface area (Å²) in [4.78, 5) is 16.3. The van der Waals surface area contributed by atoms with Gasteiger partial charge in [0.15, 0.2) is 5.13 Å². The molecule has 20 heavy (non-hydrogen) atoms. The Bertz CT molecular complexity index is 614. The molecule has 0 atom stereocenters. The maximum atomic E-state index is 11.9. The van der Waals surface area contributed by atoms with Crippen LogP contribution in [0.1, 0.15) is 34.1 Å². The van der Waals surface area contributed by atoms with Gasteiger partial charge in [-0.2, -0.15) is 0 Å². The van der Waals surface area contributed by atoms with Crippen molar-refractivity contribution >= 4 is 32.6 Å². The third-order valence-electron chi connectivity index (χ3n) is 2.61. The van der Waals surface area contributed by atoms with E-state index in [1.807, 2.05) is 45.9 Å². The molecule has 0 saturated carbocycles. The molecule has 1 N–H and O–H groups in total. The highest BCUT2D eigenvalue weighted by Crippen LogP contribution is 2.30. The summed E-state index contributed by atoms with van der Waals surface area (Å²) >= 11 is 1.47. The summed E-state index contributed by atoms with van der Waals surface area (Å²) in [7, 11) is 0. The van der Waals surface area contributed by atoms with Crippen LogP contribution in [-0.4, -0.2) is 17.5 Å². The lowest BCUT2D eigenvalue weighted by Crippen LogP contribution is -2.19. The Morgan fingerprint density at radius 3 is 2.80 bits per heavy atom. The van der Waals surface area contributed by atoms with Crippen molar-refractivity contribution in [2.45, 2.75) is 34.1 Å². The number of thiazole rings is 1. The summed E-state index contributed by atoms with van der Waals surface area (Å²) in [6.07, 6.45) is 0.479. The highest BCUT2D eigenvalue weighted by molar-refractivity contribution is 7.22. The second kappa shape index (κ2) is 5.79. The van der Waals surface area contributed by atoms with Crippen LogP contribution in [0, 0.1) is 5.41 Å². The number of nitrogens with one attached hydrogen (secondary N) is 1. The summed E-state index contributed by atoms with van der Waals surface area (Å²) in [5.74, 6) is 0.831. The molecule has 0 aliphatic heterocycles. The minimum absolute atomic E-state index is 0.00147. The molecule has 4 nitrogen and oxygen atoms in total. The smallest absolute Gasteiger partial charge is 0.226 e. The van der Waals surface area contributed by atoms with Crippen molar-refractivity contribution in [1.82, 2.24) is 4.98 Å². The predicted molar refractivity (Wildman–Crippen MR) is 83.5 cm³/mol. The summed E-state index contributed by atoms with van der Waals surface area (Å²) in [5, 5.41) is 3.51. The SMILES string of the molecule is CCOc1ccc2nc(NC(=O)CC(C)(C)C)sc2c1. The van der Waals surface area contributed by atoms with Crippen LogP contribution in [0.25, 0.3) is 10.2 Å². The van der Waals surface area contributed by atoms with Gasteiger partial charge in [-0.05, 0) is 30.5 Å². The molecule has 0 radical (unpaired) electrons. The number of ether oxygens (including phenoxy) is 1. The number of nitrogens with zero attached hydrogens (tertiary/aromatic N) is 1. The van der Waals surface area contributed by atoms with Crippen molar-refractivity contribution < 1.29 is 9.53 Å². The number of hydrogen-bond acceptors (Lipinski definition) is 4. The van der Waals surface area contributed by atoms with Gasteiger partial charge in [-0.15, -0.1) is 0 Å². The monoisotopic (exact) mass is 292 g/mol. The van der Waals surface area contributed by atoms with Crippen molar-refractivity contribution in [1.29, 1.82) is 0 Å². The zero-order chi connectivity index (χ0) is 14.8. The number of benzene rings is 1. The van der Waals surface area contributed by atoms with Crippen molar-refractivity contribution in [2.75, 3.05) is 11.9 Å². The number of fused-ring (bicyclic) bond motifs is 1. The summed E-state index contributed by atoms with van der Waals surface area (Å²) < 4.78 is 6.48. The number of carbonyl (C=O) groups excluding carboxylic acids is 1. The topological polar surface area (TPSA) is 51.2 Å². The number of rotatable bonds is 4. The Hall–Kier alpha value is -1.62. The lowest BCUT2D eigenvalue weighted by Gasteiger charge is -2.16. The first kappa shape index (κ1) is 14.8. The molecule has 0 unspecified atom stereocenters. The third kappa shape index (κ3) is 3.93. The van der Waals surface area contributed by atoms with Crippen molar-refractivity contribution in [3.8, 4) is 5.75 Å². The lowest BCUT2D eigenvalue weighted by molar-refractivity contribution is -0.117. The number of carbonyl (C=O) groups is 1. The van der Waals surface area contributed by atoms with Crippen LogP contribution in [0.4, 0.5) is 5.13 Å². The normalized spacial score (nSPS) is 11.6. The molecule has 0 spiro atoms. The molecule has 2 rings (SSSR count). The molecule has 0 aliphatic rings. The molecule has 108 valence electrons. The van der Waals surface area contributed by atoms with Crippen LogP contribution in [0.2, 0.25) is 0 Å². The van der Waals surface area contributed by atoms with E-state index in [-0.39, 0.29) is 11.3 Å². The third-order valence-corrected chi connectivity index (χ3v) is 3.54. The zero-order valence-corrected chi connectivity index (χ0v) is 13.1. The zero-order valence-electron chi connectivity index (χ0n) is 12.3. The van der Waals surface area contributed by atoms with Gasteiger partial charge in [-0.3, -0.25) is 4.79 Å². The van der Waals surface area contributed by atoms with Crippen LogP contribution in [-0.2, 0) is 4.79 Å². The molecule has 0 aliphatic carbocycles. The van der Waals surface area contributed by atoms with Crippen molar-refractivity contribution in [3.05, 3.63) is 18.2 Å². The predicted octanol–water partition coefficient (Wildman–Crippen LogP) is 4.07. The van der Waals surface area contributed by atoms with E-state index >= 15 is 0 Å². The Balaban J connectivity index is 2.13. The molecule has 1 heterocycles. The standard InChI is InChI=1S/C15H20N2O2S/c1-5-19-10-6-7-11-12(8-10)20-14(16-11)17-13(18)9-15(2,3)4/h6-8H,5,9H2,1-4H3,(H,16,17,18). The van der Waals surface area contributed by atoms with Crippen LogP contribution < -0.4 is 10.1 Å². The second-order valence-corrected chi connectivity index (χ2v) is 6.90. The average molecular weight is 292 g/mol. The van der Waals surface area contributed by atoms with Gasteiger partial charge in [0.1, 0.15) is 5.75 Å². The van der Waals surface area contributed by atoms with E-state index in [2.05, 4.69) is 10.3 Å². The van der Waals surface area contributed by atoms with E-state index in [9.17, 15) is 4.79 Å². The molecule has 0 fully saturated rings. The highest BCUT2D eigenvalue weighted by atomic mass is 32.1. The number of anilines is 1. The van der Waals surface area contributed by atoms with Crippen LogP contribution in [0.5, 0.6) is 5.75 Å². The Kier molecular flexibility index (Phi) is 4.28. The van der Waals surface area contributed by atoms with E-state index in [1.165, 1.54) is 11.3 Å². The molecule has 5 heteroatoms. The molecular formula is C15H20N2O2S. The van der Waals surface area contributed by atoms with Gasteiger partial charge < -0.3 is 10.1 Å². The Labute approximate surface area is 123 Å². The quantitative estimate of drug-likeness (QED) is 0.924. The maximum absolute atomic E-state index is 11.9. The first-order chi connectivity index (χ1) is 9.37. The molecule has 0 saturated heterocycles. The van der Waals surface area contributed by atoms with Crippen LogP contribution >= 0.6 is 11.3 Å². The van der Waals surface area contributed by atoms with E-state index in [0.29, 0.717) is 18.2 Å². The first-order valence-corrected chi connectivity index (χ1v) is 7.52. The van der Waals surface area contributed by atoms with Crippen LogP contribution in [0.15, 0.2) is 18.2 Å². The van der Waals surface area contributed by atoms with Crippen molar-refractivity contribution in [2.24, 2.45) is 5.41 Å². The Morgan fingerprint density at radius 1 is 1.40 bits per heavy atom. The highest BCUT2D eigenvalue weighted by Gasteiger charge is 2.17. The van der Waals surface area contributed by atoms with Crippen molar-refractivity contribution in [3.63, 3.8) is 0 Å². The number of hydrogen-bond donors (Lipinski definition) is 1. The maximum Gasteiger partial charge on any atom is 0.226 e.